The van der Waals surface area contributed by atoms with Crippen molar-refractivity contribution >= 4 is 51.7 Å². The van der Waals surface area contributed by atoms with Gasteiger partial charge in [0, 0.05) is 46.0 Å². The number of fused-ring (bicyclic) bond motifs is 1. The van der Waals surface area contributed by atoms with E-state index in [-0.39, 0.29) is 48.5 Å². The molecule has 0 aliphatic heterocycles. The number of ether oxygens (including phenoxy) is 4. The molecule has 252 valence electrons. The number of nitrogens with two attached hydrogens (primary N) is 1. The summed E-state index contributed by atoms with van der Waals surface area (Å²) in [6.45, 7) is -1.02. The molecule has 0 bridgehead atoms. The van der Waals surface area contributed by atoms with Crippen LogP contribution in [0.15, 0.2) is 66.9 Å². The summed E-state index contributed by atoms with van der Waals surface area (Å²) >= 11 is 5.99. The van der Waals surface area contributed by atoms with Crippen molar-refractivity contribution in [3.05, 3.63) is 77.7 Å². The monoisotopic (exact) mass is 682 g/mol. The Morgan fingerprint density at radius 2 is 1.67 bits per heavy atom. The highest BCUT2D eigenvalue weighted by Crippen LogP contribution is 2.48. The lowest BCUT2D eigenvalue weighted by Gasteiger charge is -2.18. The number of carbonyl (C=O) groups is 3. The highest BCUT2D eigenvalue weighted by Gasteiger charge is 2.56. The summed E-state index contributed by atoms with van der Waals surface area (Å²) in [7, 11) is 1.36. The molecule has 0 saturated heterocycles. The fourth-order valence-electron chi connectivity index (χ4n) is 4.63. The molecule has 1 atom stereocenters. The Hall–Kier alpha value is -5.02. The zero-order valence-electron chi connectivity index (χ0n) is 25.6. The number of pyridine rings is 1. The molecule has 15 heteroatoms. The van der Waals surface area contributed by atoms with E-state index in [1.807, 2.05) is 0 Å². The summed E-state index contributed by atoms with van der Waals surface area (Å²) in [6.07, 6.45) is 0.536. The minimum atomic E-state index is -1.56. The van der Waals surface area contributed by atoms with Crippen LogP contribution in [-0.2, 0) is 19.1 Å². The van der Waals surface area contributed by atoms with Gasteiger partial charge in [0.05, 0.1) is 32.4 Å². The molecule has 1 aliphatic carbocycles. The van der Waals surface area contributed by atoms with Crippen molar-refractivity contribution in [2.45, 2.75) is 19.1 Å². The van der Waals surface area contributed by atoms with Crippen molar-refractivity contribution < 1.29 is 47.9 Å². The number of aliphatic hydroxyl groups excluding tert-OH is 2. The van der Waals surface area contributed by atoms with Crippen LogP contribution < -0.4 is 30.6 Å². The van der Waals surface area contributed by atoms with Gasteiger partial charge in [0.15, 0.2) is 23.1 Å². The van der Waals surface area contributed by atoms with Crippen LogP contribution in [0.3, 0.4) is 0 Å². The van der Waals surface area contributed by atoms with E-state index in [4.69, 9.17) is 46.5 Å². The molecule has 2 amide bonds. The number of halogens is 2. The minimum absolute atomic E-state index is 0.0564. The van der Waals surface area contributed by atoms with E-state index >= 15 is 4.39 Å². The molecule has 1 saturated carbocycles. The smallest absolute Gasteiger partial charge is 0.362 e. The normalized spacial score (nSPS) is 13.8. The molecule has 0 spiro atoms. The Bertz CT molecular complexity index is 1830. The van der Waals surface area contributed by atoms with Crippen LogP contribution in [0.1, 0.15) is 12.8 Å². The summed E-state index contributed by atoms with van der Waals surface area (Å²) in [5.74, 6) is -3.16. The number of anilines is 2. The third-order valence-electron chi connectivity index (χ3n) is 7.56. The maximum Gasteiger partial charge on any atom is 0.362 e. The number of hydrogen-bond donors (Lipinski definition) is 5. The van der Waals surface area contributed by atoms with Gasteiger partial charge in [-0.25, -0.2) is 9.18 Å². The fourth-order valence-corrected chi connectivity index (χ4v) is 4.82. The van der Waals surface area contributed by atoms with Crippen molar-refractivity contribution in [2.24, 2.45) is 17.1 Å². The molecule has 4 aromatic rings. The van der Waals surface area contributed by atoms with Gasteiger partial charge < -0.3 is 39.8 Å². The van der Waals surface area contributed by atoms with Crippen LogP contribution in [0.25, 0.3) is 10.9 Å². The third kappa shape index (κ3) is 7.74. The summed E-state index contributed by atoms with van der Waals surface area (Å²) in [6, 6.07) is 14.9. The number of aliphatic hydroxyl groups is 2. The first kappa shape index (κ1) is 34.3. The predicted molar refractivity (Wildman–Crippen MR) is 172 cm³/mol. The zero-order chi connectivity index (χ0) is 34.4. The summed E-state index contributed by atoms with van der Waals surface area (Å²) in [5, 5.41) is 24.5. The number of nitrogens with one attached hydrogen (secondary N) is 2. The zero-order valence-corrected chi connectivity index (χ0v) is 26.3. The van der Waals surface area contributed by atoms with E-state index < -0.39 is 41.2 Å². The van der Waals surface area contributed by atoms with Crippen molar-refractivity contribution in [1.29, 1.82) is 0 Å². The number of aromatic nitrogens is 1. The van der Waals surface area contributed by atoms with Gasteiger partial charge in [-0.3, -0.25) is 20.3 Å². The van der Waals surface area contributed by atoms with Gasteiger partial charge in [-0.1, -0.05) is 17.7 Å². The molecule has 1 aromatic heterocycles. The summed E-state index contributed by atoms with van der Waals surface area (Å²) in [4.78, 5) is 42.6. The van der Waals surface area contributed by atoms with Crippen LogP contribution in [0.5, 0.6) is 23.0 Å². The maximum absolute atomic E-state index is 15.3. The van der Waals surface area contributed by atoms with Crippen LogP contribution in [0.2, 0.25) is 5.02 Å². The fraction of sp³-hybridized carbons (Fsp3) is 0.273. The Morgan fingerprint density at radius 1 is 0.958 bits per heavy atom. The van der Waals surface area contributed by atoms with Gasteiger partial charge in [-0.2, -0.15) is 0 Å². The first-order chi connectivity index (χ1) is 23.1. The topological polar surface area (TPSA) is 192 Å². The van der Waals surface area contributed by atoms with Gasteiger partial charge >= 0.3 is 5.97 Å². The van der Waals surface area contributed by atoms with Gasteiger partial charge in [0.1, 0.15) is 11.2 Å². The molecule has 13 nitrogen and oxygen atoms in total. The molecule has 3 aromatic carbocycles. The Morgan fingerprint density at radius 3 is 2.29 bits per heavy atom. The molecule has 5 rings (SSSR count). The molecular formula is C33H32ClFN4O9. The van der Waals surface area contributed by atoms with Crippen molar-refractivity contribution in [2.75, 3.05) is 37.6 Å². The number of methoxy groups -OCH3 is 1. The van der Waals surface area contributed by atoms with E-state index in [1.165, 1.54) is 43.6 Å². The van der Waals surface area contributed by atoms with Gasteiger partial charge in [0.25, 0.3) is 0 Å². The number of esters is 1. The molecule has 6 N–H and O–H groups in total. The molecular weight excluding hydrogens is 651 g/mol. The second-order valence-corrected chi connectivity index (χ2v) is 11.4. The Balaban J connectivity index is 1.27. The van der Waals surface area contributed by atoms with E-state index in [2.05, 4.69) is 15.6 Å². The second-order valence-electron chi connectivity index (χ2n) is 11.0. The van der Waals surface area contributed by atoms with Crippen molar-refractivity contribution in [3.63, 3.8) is 0 Å². The SMILES string of the molecule is COc1cc2c(Oc3ccc(NC(=O)C4(C(=O)Nc5cccc(Cl)c5)CC4)cc3F)ccnc2cc1OC(N)C(=O)OCC(CO)CO. The van der Waals surface area contributed by atoms with Crippen molar-refractivity contribution in [1.82, 2.24) is 4.98 Å². The second kappa shape index (κ2) is 14.8. The number of benzene rings is 3. The van der Waals surface area contributed by atoms with Crippen LogP contribution >= 0.6 is 11.6 Å². The molecule has 1 fully saturated rings. The third-order valence-corrected chi connectivity index (χ3v) is 7.80. The number of rotatable bonds is 14. The molecule has 0 radical (unpaired) electrons. The van der Waals surface area contributed by atoms with E-state index in [0.717, 1.165) is 6.07 Å². The Labute approximate surface area is 278 Å². The summed E-state index contributed by atoms with van der Waals surface area (Å²) < 4.78 is 37.1. The highest BCUT2D eigenvalue weighted by atomic mass is 35.5. The lowest BCUT2D eigenvalue weighted by Crippen LogP contribution is -2.39. The molecule has 1 heterocycles. The van der Waals surface area contributed by atoms with E-state index in [0.29, 0.717) is 34.5 Å². The standard InChI is InChI=1S/C33H32ClFN4O9/c1-45-27-13-22-24(14-28(27)48-29(36)30(42)46-17-18(15-40)16-41)37-10-7-25(22)47-26-6-5-21(12-23(26)35)39-32(44)33(8-9-33)31(43)38-20-4-2-3-19(34)11-20/h2-7,10-14,18,29,40-41H,8-9,15-17,36H2,1H3,(H,38,43)(H,39,44). The quantitative estimate of drug-likeness (QED) is 0.0734. The molecule has 1 unspecified atom stereocenters. The minimum Gasteiger partial charge on any atom is -0.493 e. The molecule has 1 aliphatic rings. The van der Waals surface area contributed by atoms with Gasteiger partial charge in [0.2, 0.25) is 18.0 Å². The number of carbonyl (C=O) groups excluding carboxylic acids is 3. The maximum atomic E-state index is 15.3. The van der Waals surface area contributed by atoms with Gasteiger partial charge in [-0.15, -0.1) is 0 Å². The lowest BCUT2D eigenvalue weighted by molar-refractivity contribution is -0.154. The first-order valence-corrected chi connectivity index (χ1v) is 15.1. The van der Waals surface area contributed by atoms with E-state index in [9.17, 15) is 14.4 Å². The van der Waals surface area contributed by atoms with Crippen molar-refractivity contribution in [3.8, 4) is 23.0 Å². The number of nitrogens with zero attached hydrogens (tertiary/aromatic N) is 1. The Kier molecular flexibility index (Phi) is 10.6. The average Bonchev–Trinajstić information content (AvgIpc) is 3.89. The highest BCUT2D eigenvalue weighted by molar-refractivity contribution is 6.31. The molecule has 48 heavy (non-hydrogen) atoms. The largest absolute Gasteiger partial charge is 0.493 e. The van der Waals surface area contributed by atoms with Gasteiger partial charge in [-0.05, 0) is 55.3 Å². The van der Waals surface area contributed by atoms with E-state index in [1.54, 1.807) is 24.3 Å². The predicted octanol–water partition coefficient (Wildman–Crippen LogP) is 3.99. The average molecular weight is 683 g/mol. The van der Waals surface area contributed by atoms with Crippen LogP contribution in [-0.4, -0.2) is 66.1 Å². The number of hydrogen-bond acceptors (Lipinski definition) is 11. The van der Waals surface area contributed by atoms with Crippen LogP contribution in [0.4, 0.5) is 15.8 Å². The summed E-state index contributed by atoms with van der Waals surface area (Å²) in [5.41, 5.74) is 5.49. The van der Waals surface area contributed by atoms with Crippen LogP contribution in [0, 0.1) is 17.2 Å². The first-order valence-electron chi connectivity index (χ1n) is 14.7. The number of amides is 2. The lowest BCUT2D eigenvalue weighted by atomic mass is 10.0.